The molecule has 3 rings (SSSR count). The van der Waals surface area contributed by atoms with Gasteiger partial charge in [0.05, 0.1) is 7.11 Å². The summed E-state index contributed by atoms with van der Waals surface area (Å²) in [5.74, 6) is 0.774. The Hall–Kier alpha value is -3.07. The number of carbonyl (C=O) groups is 1. The topological polar surface area (TPSA) is 38.3 Å². The Balaban J connectivity index is 1.63. The van der Waals surface area contributed by atoms with Gasteiger partial charge < -0.3 is 10.1 Å². The summed E-state index contributed by atoms with van der Waals surface area (Å²) in [7, 11) is 1.64. The maximum Gasteiger partial charge on any atom is 0.251 e. The molecule has 0 bridgehead atoms. The summed E-state index contributed by atoms with van der Waals surface area (Å²) in [4.78, 5) is 12.6. The van der Waals surface area contributed by atoms with Crippen LogP contribution in [-0.2, 0) is 19.4 Å². The van der Waals surface area contributed by atoms with E-state index in [0.717, 1.165) is 35.3 Å². The fourth-order valence-corrected chi connectivity index (χ4v) is 2.90. The molecule has 0 aliphatic carbocycles. The molecule has 0 aliphatic rings. The third kappa shape index (κ3) is 4.73. The molecule has 0 fully saturated rings. The van der Waals surface area contributed by atoms with Crippen molar-refractivity contribution >= 4 is 5.91 Å². The average Bonchev–Trinajstić information content (AvgIpc) is 2.72. The highest BCUT2D eigenvalue weighted by molar-refractivity contribution is 5.95. The summed E-state index contributed by atoms with van der Waals surface area (Å²) in [6.07, 6.45) is 1.76. The number of nitrogens with one attached hydrogen (secondary N) is 1. The zero-order valence-corrected chi connectivity index (χ0v) is 14.9. The summed E-state index contributed by atoms with van der Waals surface area (Å²) < 4.78 is 5.16. The van der Waals surface area contributed by atoms with Gasteiger partial charge in [0.1, 0.15) is 5.75 Å². The molecule has 0 spiro atoms. The lowest BCUT2D eigenvalue weighted by Crippen LogP contribution is -2.24. The molecule has 0 heterocycles. The first kappa shape index (κ1) is 17.7. The van der Waals surface area contributed by atoms with Crippen LogP contribution in [0.15, 0.2) is 78.9 Å². The molecule has 132 valence electrons. The molecule has 3 nitrogen and oxygen atoms in total. The van der Waals surface area contributed by atoms with E-state index < -0.39 is 0 Å². The zero-order valence-electron chi connectivity index (χ0n) is 14.9. The number of methoxy groups -OCH3 is 1. The van der Waals surface area contributed by atoms with Crippen LogP contribution in [-0.4, -0.2) is 13.0 Å². The summed E-state index contributed by atoms with van der Waals surface area (Å²) in [5.41, 5.74) is 4.14. The Labute approximate surface area is 154 Å². The standard InChI is InChI=1S/C23H23NO2/c1-26-21-15-12-19(13-16-21)17-24-23(25)22-10-6-5-9-20(22)14-11-18-7-3-2-4-8-18/h2-10,12-13,15-16H,11,14,17H2,1H3,(H,24,25). The number of aryl methyl sites for hydroxylation is 2. The Morgan fingerprint density at radius 1 is 0.808 bits per heavy atom. The van der Waals surface area contributed by atoms with E-state index in [2.05, 4.69) is 17.4 Å². The van der Waals surface area contributed by atoms with Crippen LogP contribution >= 0.6 is 0 Å². The first-order valence-electron chi connectivity index (χ1n) is 8.79. The van der Waals surface area contributed by atoms with Gasteiger partial charge in [0, 0.05) is 12.1 Å². The Kier molecular flexibility index (Phi) is 6.05. The molecule has 0 radical (unpaired) electrons. The monoisotopic (exact) mass is 345 g/mol. The van der Waals surface area contributed by atoms with Gasteiger partial charge in [-0.05, 0) is 47.7 Å². The van der Waals surface area contributed by atoms with Crippen molar-refractivity contribution in [3.63, 3.8) is 0 Å². The molecule has 0 saturated carbocycles. The molecule has 0 saturated heterocycles. The van der Waals surface area contributed by atoms with Crippen LogP contribution in [0.3, 0.4) is 0 Å². The van der Waals surface area contributed by atoms with Gasteiger partial charge >= 0.3 is 0 Å². The van der Waals surface area contributed by atoms with Crippen molar-refractivity contribution in [1.82, 2.24) is 5.32 Å². The molecule has 0 aliphatic heterocycles. The van der Waals surface area contributed by atoms with Crippen molar-refractivity contribution in [2.24, 2.45) is 0 Å². The second kappa shape index (κ2) is 8.86. The van der Waals surface area contributed by atoms with E-state index in [0.29, 0.717) is 6.54 Å². The van der Waals surface area contributed by atoms with E-state index in [9.17, 15) is 4.79 Å². The number of ether oxygens (including phenoxy) is 1. The van der Waals surface area contributed by atoms with Gasteiger partial charge in [-0.2, -0.15) is 0 Å². The average molecular weight is 345 g/mol. The van der Waals surface area contributed by atoms with Gasteiger partial charge in [-0.15, -0.1) is 0 Å². The Bertz CT molecular complexity index is 842. The third-order valence-electron chi connectivity index (χ3n) is 4.40. The number of benzene rings is 3. The Morgan fingerprint density at radius 3 is 2.23 bits per heavy atom. The largest absolute Gasteiger partial charge is 0.497 e. The van der Waals surface area contributed by atoms with Crippen LogP contribution in [0.5, 0.6) is 5.75 Å². The van der Waals surface area contributed by atoms with Crippen molar-refractivity contribution < 1.29 is 9.53 Å². The van der Waals surface area contributed by atoms with Crippen LogP contribution in [0.2, 0.25) is 0 Å². The van der Waals surface area contributed by atoms with Gasteiger partial charge in [0.2, 0.25) is 0 Å². The number of amides is 1. The van der Waals surface area contributed by atoms with Gasteiger partial charge in [0.15, 0.2) is 0 Å². The van der Waals surface area contributed by atoms with Crippen LogP contribution in [0.1, 0.15) is 27.0 Å². The molecule has 0 aromatic heterocycles. The van der Waals surface area contributed by atoms with Crippen molar-refractivity contribution in [1.29, 1.82) is 0 Å². The van der Waals surface area contributed by atoms with E-state index in [4.69, 9.17) is 4.74 Å². The zero-order chi connectivity index (χ0) is 18.2. The molecule has 1 amide bonds. The maximum absolute atomic E-state index is 12.6. The maximum atomic E-state index is 12.6. The van der Waals surface area contributed by atoms with Crippen molar-refractivity contribution in [3.8, 4) is 5.75 Å². The van der Waals surface area contributed by atoms with Crippen LogP contribution in [0.4, 0.5) is 0 Å². The van der Waals surface area contributed by atoms with Gasteiger partial charge in [-0.25, -0.2) is 0 Å². The van der Waals surface area contributed by atoms with Crippen LogP contribution in [0.25, 0.3) is 0 Å². The van der Waals surface area contributed by atoms with Crippen molar-refractivity contribution in [2.45, 2.75) is 19.4 Å². The predicted molar refractivity (Wildman–Crippen MR) is 104 cm³/mol. The molecule has 0 atom stereocenters. The summed E-state index contributed by atoms with van der Waals surface area (Å²) >= 11 is 0. The van der Waals surface area contributed by atoms with E-state index in [1.54, 1.807) is 7.11 Å². The van der Waals surface area contributed by atoms with Crippen LogP contribution in [0, 0.1) is 0 Å². The number of rotatable bonds is 7. The van der Waals surface area contributed by atoms with Crippen molar-refractivity contribution in [3.05, 3.63) is 101 Å². The normalized spacial score (nSPS) is 10.3. The van der Waals surface area contributed by atoms with Crippen molar-refractivity contribution in [2.75, 3.05) is 7.11 Å². The highest BCUT2D eigenvalue weighted by Gasteiger charge is 2.10. The molecule has 1 N–H and O–H groups in total. The summed E-state index contributed by atoms with van der Waals surface area (Å²) in [6.45, 7) is 0.496. The lowest BCUT2D eigenvalue weighted by molar-refractivity contribution is 0.0950. The highest BCUT2D eigenvalue weighted by atomic mass is 16.5. The molecule has 0 unspecified atom stereocenters. The van der Waals surface area contributed by atoms with Gasteiger partial charge in [-0.1, -0.05) is 60.7 Å². The second-order valence-corrected chi connectivity index (χ2v) is 6.17. The summed E-state index contributed by atoms with van der Waals surface area (Å²) in [6, 6.07) is 25.9. The van der Waals surface area contributed by atoms with Gasteiger partial charge in [0.25, 0.3) is 5.91 Å². The third-order valence-corrected chi connectivity index (χ3v) is 4.40. The predicted octanol–water partition coefficient (Wildman–Crippen LogP) is 4.41. The number of hydrogen-bond donors (Lipinski definition) is 1. The first-order valence-corrected chi connectivity index (χ1v) is 8.79. The summed E-state index contributed by atoms with van der Waals surface area (Å²) in [5, 5.41) is 3.01. The van der Waals surface area contributed by atoms with E-state index in [1.165, 1.54) is 5.56 Å². The Morgan fingerprint density at radius 2 is 1.50 bits per heavy atom. The molecule has 3 aromatic carbocycles. The smallest absolute Gasteiger partial charge is 0.251 e. The SMILES string of the molecule is COc1ccc(CNC(=O)c2ccccc2CCc2ccccc2)cc1. The second-order valence-electron chi connectivity index (χ2n) is 6.17. The molecule has 3 aromatic rings. The number of carbonyl (C=O) groups excluding carboxylic acids is 1. The van der Waals surface area contributed by atoms with Gasteiger partial charge in [-0.3, -0.25) is 4.79 Å². The fourth-order valence-electron chi connectivity index (χ4n) is 2.90. The highest BCUT2D eigenvalue weighted by Crippen LogP contribution is 2.14. The minimum absolute atomic E-state index is 0.0375. The minimum Gasteiger partial charge on any atom is -0.497 e. The van der Waals surface area contributed by atoms with Crippen LogP contribution < -0.4 is 10.1 Å². The minimum atomic E-state index is -0.0375. The quantitative estimate of drug-likeness (QED) is 0.689. The van der Waals surface area contributed by atoms with E-state index in [-0.39, 0.29) is 5.91 Å². The van der Waals surface area contributed by atoms with E-state index >= 15 is 0 Å². The molecule has 26 heavy (non-hydrogen) atoms. The van der Waals surface area contributed by atoms with E-state index in [1.807, 2.05) is 66.7 Å². The fraction of sp³-hybridized carbons (Fsp3) is 0.174. The molecular weight excluding hydrogens is 322 g/mol. The lowest BCUT2D eigenvalue weighted by atomic mass is 9.99. The first-order chi connectivity index (χ1) is 12.8. The molecule has 3 heteroatoms. The molecular formula is C23H23NO2. The number of hydrogen-bond acceptors (Lipinski definition) is 2. The lowest BCUT2D eigenvalue weighted by Gasteiger charge is -2.11.